The lowest BCUT2D eigenvalue weighted by atomic mass is 10.1. The lowest BCUT2D eigenvalue weighted by Gasteiger charge is -2.06. The van der Waals surface area contributed by atoms with E-state index < -0.39 is 0 Å². The number of allylic oxidation sites excluding steroid dienone is 1. The summed E-state index contributed by atoms with van der Waals surface area (Å²) >= 11 is 0. The average Bonchev–Trinajstić information content (AvgIpc) is 3.40. The SMILES string of the molecule is C=C(C=Cc1ccccc1)NOC(=O)[C@@H]1C[C@H]1c1ccccc1. The van der Waals surface area contributed by atoms with Crippen LogP contribution in [0.3, 0.4) is 0 Å². The van der Waals surface area contributed by atoms with Crippen LogP contribution in [0.5, 0.6) is 0 Å². The maximum Gasteiger partial charge on any atom is 0.335 e. The van der Waals surface area contributed by atoms with E-state index in [-0.39, 0.29) is 17.8 Å². The van der Waals surface area contributed by atoms with E-state index >= 15 is 0 Å². The Hall–Kier alpha value is -2.81. The predicted molar refractivity (Wildman–Crippen MR) is 91.1 cm³/mol. The van der Waals surface area contributed by atoms with E-state index in [1.807, 2.05) is 66.7 Å². The highest BCUT2D eigenvalue weighted by molar-refractivity contribution is 5.77. The smallest absolute Gasteiger partial charge is 0.335 e. The fourth-order valence-electron chi connectivity index (χ4n) is 2.51. The molecule has 0 aliphatic heterocycles. The van der Waals surface area contributed by atoms with Crippen molar-refractivity contribution >= 4 is 12.0 Å². The van der Waals surface area contributed by atoms with E-state index in [0.29, 0.717) is 5.70 Å². The van der Waals surface area contributed by atoms with Gasteiger partial charge in [-0.25, -0.2) is 10.3 Å². The van der Waals surface area contributed by atoms with Crippen LogP contribution in [0.2, 0.25) is 0 Å². The molecule has 1 N–H and O–H groups in total. The molecule has 0 unspecified atom stereocenters. The molecule has 1 aliphatic carbocycles. The zero-order valence-corrected chi connectivity index (χ0v) is 12.8. The second-order valence-corrected chi connectivity index (χ2v) is 5.65. The zero-order chi connectivity index (χ0) is 16.1. The predicted octanol–water partition coefficient (Wildman–Crippen LogP) is 4.07. The molecule has 0 amide bonds. The highest BCUT2D eigenvalue weighted by atomic mass is 16.7. The van der Waals surface area contributed by atoms with Crippen LogP contribution >= 0.6 is 0 Å². The summed E-state index contributed by atoms with van der Waals surface area (Å²) in [7, 11) is 0. The van der Waals surface area contributed by atoms with Crippen LogP contribution in [-0.4, -0.2) is 5.97 Å². The van der Waals surface area contributed by atoms with Crippen molar-refractivity contribution in [2.75, 3.05) is 0 Å². The van der Waals surface area contributed by atoms with Crippen LogP contribution in [0.15, 0.2) is 79.0 Å². The highest BCUT2D eigenvalue weighted by Crippen LogP contribution is 2.47. The second-order valence-electron chi connectivity index (χ2n) is 5.65. The fraction of sp³-hybridized carbons (Fsp3) is 0.150. The molecule has 3 rings (SSSR count). The Morgan fingerprint density at radius 1 is 1.09 bits per heavy atom. The highest BCUT2D eigenvalue weighted by Gasteiger charge is 2.45. The summed E-state index contributed by atoms with van der Waals surface area (Å²) in [6.45, 7) is 3.82. The standard InChI is InChI=1S/C20H19NO2/c1-15(12-13-16-8-4-2-5-9-16)21-23-20(22)19-14-18(19)17-10-6-3-7-11-17/h2-13,18-19,21H,1,14H2/t18-,19+/m0/s1. The van der Waals surface area contributed by atoms with E-state index in [1.165, 1.54) is 5.56 Å². The van der Waals surface area contributed by atoms with E-state index in [9.17, 15) is 4.79 Å². The van der Waals surface area contributed by atoms with Gasteiger partial charge in [0.15, 0.2) is 0 Å². The van der Waals surface area contributed by atoms with Gasteiger partial charge in [-0.3, -0.25) is 0 Å². The quantitative estimate of drug-likeness (QED) is 0.646. The van der Waals surface area contributed by atoms with Gasteiger partial charge < -0.3 is 4.84 Å². The van der Waals surface area contributed by atoms with Crippen LogP contribution in [0.1, 0.15) is 23.5 Å². The summed E-state index contributed by atoms with van der Waals surface area (Å²) in [5.41, 5.74) is 5.41. The Labute approximate surface area is 136 Å². The lowest BCUT2D eigenvalue weighted by molar-refractivity contribution is -0.151. The summed E-state index contributed by atoms with van der Waals surface area (Å²) in [5, 5.41) is 0. The largest absolute Gasteiger partial charge is 0.343 e. The molecular weight excluding hydrogens is 286 g/mol. The van der Waals surface area contributed by atoms with Crippen molar-refractivity contribution < 1.29 is 9.63 Å². The summed E-state index contributed by atoms with van der Waals surface area (Å²) in [5.74, 6) is -0.0115. The molecule has 0 bridgehead atoms. The molecular formula is C20H19NO2. The van der Waals surface area contributed by atoms with Crippen molar-refractivity contribution in [3.05, 3.63) is 90.1 Å². The number of hydroxylamine groups is 1. The van der Waals surface area contributed by atoms with E-state index in [0.717, 1.165) is 12.0 Å². The average molecular weight is 305 g/mol. The molecule has 1 saturated carbocycles. The molecule has 0 radical (unpaired) electrons. The first kappa shape index (κ1) is 15.1. The third kappa shape index (κ3) is 4.10. The van der Waals surface area contributed by atoms with Crippen LogP contribution in [0.4, 0.5) is 0 Å². The lowest BCUT2D eigenvalue weighted by Crippen LogP contribution is -2.19. The second kappa shape index (κ2) is 6.97. The minimum absolute atomic E-state index is 0.0594. The Balaban J connectivity index is 1.45. The summed E-state index contributed by atoms with van der Waals surface area (Å²) in [6, 6.07) is 19.9. The van der Waals surface area contributed by atoms with E-state index in [4.69, 9.17) is 4.84 Å². The van der Waals surface area contributed by atoms with Crippen molar-refractivity contribution in [2.24, 2.45) is 5.92 Å². The topological polar surface area (TPSA) is 38.3 Å². The van der Waals surface area contributed by atoms with Gasteiger partial charge in [-0.1, -0.05) is 73.3 Å². The normalized spacial score (nSPS) is 19.3. The van der Waals surface area contributed by atoms with Crippen LogP contribution in [0.25, 0.3) is 6.08 Å². The molecule has 3 heteroatoms. The van der Waals surface area contributed by atoms with Crippen molar-refractivity contribution in [3.63, 3.8) is 0 Å². The van der Waals surface area contributed by atoms with Gasteiger partial charge in [0.25, 0.3) is 0 Å². The number of carbonyl (C=O) groups is 1. The number of hydrogen-bond acceptors (Lipinski definition) is 3. The Morgan fingerprint density at radius 3 is 2.43 bits per heavy atom. The van der Waals surface area contributed by atoms with Gasteiger partial charge in [-0.05, 0) is 29.5 Å². The summed E-state index contributed by atoms with van der Waals surface area (Å²) < 4.78 is 0. The van der Waals surface area contributed by atoms with Gasteiger partial charge in [0.2, 0.25) is 0 Å². The monoisotopic (exact) mass is 305 g/mol. The third-order valence-electron chi connectivity index (χ3n) is 3.88. The van der Waals surface area contributed by atoms with Crippen molar-refractivity contribution in [1.29, 1.82) is 0 Å². The van der Waals surface area contributed by atoms with Gasteiger partial charge in [-0.15, -0.1) is 0 Å². The van der Waals surface area contributed by atoms with Crippen molar-refractivity contribution in [1.82, 2.24) is 5.48 Å². The molecule has 1 fully saturated rings. The van der Waals surface area contributed by atoms with Crippen LogP contribution < -0.4 is 5.48 Å². The number of benzene rings is 2. The third-order valence-corrected chi connectivity index (χ3v) is 3.88. The molecule has 3 nitrogen and oxygen atoms in total. The molecule has 2 aromatic carbocycles. The van der Waals surface area contributed by atoms with E-state index in [2.05, 4.69) is 12.1 Å². The van der Waals surface area contributed by atoms with Crippen molar-refractivity contribution in [2.45, 2.75) is 12.3 Å². The molecule has 1 aliphatic rings. The van der Waals surface area contributed by atoms with Gasteiger partial charge in [0.1, 0.15) is 0 Å². The Kier molecular flexibility index (Phi) is 4.57. The molecule has 0 heterocycles. The van der Waals surface area contributed by atoms with Gasteiger partial charge in [0, 0.05) is 0 Å². The number of rotatable bonds is 6. The first-order valence-corrected chi connectivity index (χ1v) is 7.68. The first-order chi connectivity index (χ1) is 11.2. The number of hydrogen-bond donors (Lipinski definition) is 1. The molecule has 0 saturated heterocycles. The molecule has 116 valence electrons. The fourth-order valence-corrected chi connectivity index (χ4v) is 2.51. The Bertz CT molecular complexity index is 707. The molecule has 0 aromatic heterocycles. The molecule has 23 heavy (non-hydrogen) atoms. The molecule has 2 atom stereocenters. The van der Waals surface area contributed by atoms with Crippen LogP contribution in [-0.2, 0) is 9.63 Å². The number of carbonyl (C=O) groups excluding carboxylic acids is 1. The van der Waals surface area contributed by atoms with E-state index in [1.54, 1.807) is 6.08 Å². The van der Waals surface area contributed by atoms with Gasteiger partial charge in [-0.2, -0.15) is 0 Å². The minimum Gasteiger partial charge on any atom is -0.343 e. The minimum atomic E-state index is -0.229. The first-order valence-electron chi connectivity index (χ1n) is 7.68. The molecule has 0 spiro atoms. The number of nitrogens with one attached hydrogen (secondary N) is 1. The summed E-state index contributed by atoms with van der Waals surface area (Å²) in [4.78, 5) is 17.1. The van der Waals surface area contributed by atoms with Crippen LogP contribution in [0, 0.1) is 5.92 Å². The summed E-state index contributed by atoms with van der Waals surface area (Å²) in [6.07, 6.45) is 4.54. The maximum absolute atomic E-state index is 12.0. The zero-order valence-electron chi connectivity index (χ0n) is 12.8. The maximum atomic E-state index is 12.0. The van der Waals surface area contributed by atoms with Gasteiger partial charge >= 0.3 is 5.97 Å². The molecule has 2 aromatic rings. The Morgan fingerprint density at radius 2 is 1.74 bits per heavy atom. The van der Waals surface area contributed by atoms with Gasteiger partial charge in [0.05, 0.1) is 11.6 Å². The van der Waals surface area contributed by atoms with Crippen molar-refractivity contribution in [3.8, 4) is 0 Å².